The number of aromatic nitrogens is 2. The molecular formula is C12H8Cl2N4O3. The Morgan fingerprint density at radius 1 is 1.33 bits per heavy atom. The van der Waals surface area contributed by atoms with Crippen molar-refractivity contribution >= 4 is 40.5 Å². The number of anilines is 1. The van der Waals surface area contributed by atoms with Crippen LogP contribution in [0.1, 0.15) is 15.9 Å². The first-order chi connectivity index (χ1) is 9.90. The number of hydrogen-bond acceptors (Lipinski definition) is 5. The van der Waals surface area contributed by atoms with Crippen molar-refractivity contribution in [1.29, 1.82) is 0 Å². The zero-order chi connectivity index (χ0) is 15.6. The minimum absolute atomic E-state index is 0.109. The molecule has 2 heterocycles. The van der Waals surface area contributed by atoms with E-state index in [1.54, 1.807) is 13.0 Å². The molecule has 2 aromatic rings. The average molecular weight is 327 g/mol. The Bertz CT molecular complexity index is 716. The fourth-order valence-electron chi connectivity index (χ4n) is 1.55. The van der Waals surface area contributed by atoms with E-state index in [1.807, 2.05) is 0 Å². The molecule has 0 saturated carbocycles. The van der Waals surface area contributed by atoms with Crippen LogP contribution < -0.4 is 5.32 Å². The molecule has 9 heteroatoms. The lowest BCUT2D eigenvalue weighted by atomic mass is 10.2. The van der Waals surface area contributed by atoms with E-state index in [9.17, 15) is 14.9 Å². The molecule has 2 rings (SSSR count). The number of nitrogens with zero attached hydrogens (tertiary/aromatic N) is 3. The van der Waals surface area contributed by atoms with Crippen molar-refractivity contribution in [1.82, 2.24) is 9.97 Å². The Kier molecular flexibility index (Phi) is 4.35. The van der Waals surface area contributed by atoms with Crippen molar-refractivity contribution in [3.63, 3.8) is 0 Å². The maximum atomic E-state index is 12.2. The summed E-state index contributed by atoms with van der Waals surface area (Å²) in [6.07, 6.45) is 2.47. The van der Waals surface area contributed by atoms with Crippen LogP contribution in [0, 0.1) is 17.0 Å². The van der Waals surface area contributed by atoms with Gasteiger partial charge in [-0.05, 0) is 18.6 Å². The quantitative estimate of drug-likeness (QED) is 0.530. The third kappa shape index (κ3) is 3.26. The molecule has 0 saturated heterocycles. The molecule has 0 spiro atoms. The van der Waals surface area contributed by atoms with E-state index < -0.39 is 10.8 Å². The lowest BCUT2D eigenvalue weighted by Gasteiger charge is -2.09. The van der Waals surface area contributed by atoms with Gasteiger partial charge < -0.3 is 5.32 Å². The minimum atomic E-state index is -0.664. The predicted octanol–water partition coefficient (Wildman–Crippen LogP) is 3.25. The molecule has 0 aliphatic carbocycles. The first-order valence-electron chi connectivity index (χ1n) is 5.62. The van der Waals surface area contributed by atoms with E-state index in [0.717, 1.165) is 12.3 Å². The molecule has 0 aliphatic rings. The minimum Gasteiger partial charge on any atom is -0.319 e. The van der Waals surface area contributed by atoms with Crippen LogP contribution in [0.2, 0.25) is 10.3 Å². The van der Waals surface area contributed by atoms with E-state index in [2.05, 4.69) is 15.3 Å². The summed E-state index contributed by atoms with van der Waals surface area (Å²) >= 11 is 11.7. The van der Waals surface area contributed by atoms with Gasteiger partial charge in [-0.25, -0.2) is 9.97 Å². The second-order valence-corrected chi connectivity index (χ2v) is 4.75. The van der Waals surface area contributed by atoms with Crippen molar-refractivity contribution in [2.45, 2.75) is 6.92 Å². The van der Waals surface area contributed by atoms with E-state index in [-0.39, 0.29) is 21.6 Å². The summed E-state index contributed by atoms with van der Waals surface area (Å²) in [6, 6.07) is 2.71. The number of pyridine rings is 2. The number of carbonyl (C=O) groups excluding carboxylic acids is 1. The molecule has 0 unspecified atom stereocenters. The van der Waals surface area contributed by atoms with Crippen molar-refractivity contribution in [3.8, 4) is 0 Å². The molecule has 0 aromatic carbocycles. The van der Waals surface area contributed by atoms with Gasteiger partial charge in [-0.1, -0.05) is 23.2 Å². The standard InChI is InChI=1S/C12H8Cl2N4O3/c1-6-2-3-15-11(14)9(6)17-12(19)8-4-7(18(20)21)5-16-10(8)13/h2-5H,1H3,(H,17,19). The van der Waals surface area contributed by atoms with Gasteiger partial charge in [0.05, 0.1) is 16.2 Å². The Morgan fingerprint density at radius 3 is 2.67 bits per heavy atom. The van der Waals surface area contributed by atoms with Gasteiger partial charge in [0.2, 0.25) is 0 Å². The van der Waals surface area contributed by atoms with Gasteiger partial charge in [0.1, 0.15) is 11.3 Å². The monoisotopic (exact) mass is 326 g/mol. The second kappa shape index (κ2) is 6.02. The smallest absolute Gasteiger partial charge is 0.288 e. The SMILES string of the molecule is Cc1ccnc(Cl)c1NC(=O)c1cc([N+](=O)[O-])cnc1Cl. The van der Waals surface area contributed by atoms with Crippen LogP contribution in [0.15, 0.2) is 24.5 Å². The Labute approximate surface area is 129 Å². The number of rotatable bonds is 3. The van der Waals surface area contributed by atoms with Gasteiger partial charge in [0.15, 0.2) is 5.15 Å². The molecule has 0 aliphatic heterocycles. The van der Waals surface area contributed by atoms with Crippen LogP contribution >= 0.6 is 23.2 Å². The van der Waals surface area contributed by atoms with Crippen molar-refractivity contribution in [2.24, 2.45) is 0 Å². The molecule has 2 aromatic heterocycles. The fraction of sp³-hybridized carbons (Fsp3) is 0.0833. The van der Waals surface area contributed by atoms with Gasteiger partial charge in [0.25, 0.3) is 11.6 Å². The van der Waals surface area contributed by atoms with Crippen LogP contribution in [-0.2, 0) is 0 Å². The number of hydrogen-bond donors (Lipinski definition) is 1. The Morgan fingerprint density at radius 2 is 2.05 bits per heavy atom. The van der Waals surface area contributed by atoms with Crippen LogP contribution in [0.5, 0.6) is 0 Å². The molecular weight excluding hydrogens is 319 g/mol. The predicted molar refractivity (Wildman–Crippen MR) is 77.8 cm³/mol. The van der Waals surface area contributed by atoms with Gasteiger partial charge >= 0.3 is 0 Å². The average Bonchev–Trinajstić information content (AvgIpc) is 2.43. The molecule has 0 bridgehead atoms. The molecule has 7 nitrogen and oxygen atoms in total. The van der Waals surface area contributed by atoms with Crippen LogP contribution in [0.4, 0.5) is 11.4 Å². The van der Waals surface area contributed by atoms with Gasteiger partial charge in [-0.3, -0.25) is 14.9 Å². The number of amides is 1. The van der Waals surface area contributed by atoms with Crippen LogP contribution in [0.3, 0.4) is 0 Å². The normalized spacial score (nSPS) is 10.2. The van der Waals surface area contributed by atoms with Crippen molar-refractivity contribution in [2.75, 3.05) is 5.32 Å². The summed E-state index contributed by atoms with van der Waals surface area (Å²) in [5.74, 6) is -0.658. The number of nitrogens with one attached hydrogen (secondary N) is 1. The molecule has 108 valence electrons. The van der Waals surface area contributed by atoms with Gasteiger partial charge in [0, 0.05) is 12.3 Å². The third-order valence-corrected chi connectivity index (χ3v) is 3.22. The zero-order valence-corrected chi connectivity index (χ0v) is 12.1. The summed E-state index contributed by atoms with van der Waals surface area (Å²) in [5, 5.41) is 13.2. The molecule has 21 heavy (non-hydrogen) atoms. The van der Waals surface area contributed by atoms with E-state index in [4.69, 9.17) is 23.2 Å². The molecule has 0 fully saturated rings. The maximum Gasteiger partial charge on any atom is 0.288 e. The van der Waals surface area contributed by atoms with Crippen LogP contribution in [0.25, 0.3) is 0 Å². The Balaban J connectivity index is 2.37. The highest BCUT2D eigenvalue weighted by molar-refractivity contribution is 6.34. The molecule has 0 atom stereocenters. The van der Waals surface area contributed by atoms with E-state index in [0.29, 0.717) is 11.3 Å². The third-order valence-electron chi connectivity index (χ3n) is 2.63. The topological polar surface area (TPSA) is 98.0 Å². The highest BCUT2D eigenvalue weighted by Gasteiger charge is 2.18. The summed E-state index contributed by atoms with van der Waals surface area (Å²) < 4.78 is 0. The number of halogens is 2. The first-order valence-corrected chi connectivity index (χ1v) is 6.38. The largest absolute Gasteiger partial charge is 0.319 e. The highest BCUT2D eigenvalue weighted by Crippen LogP contribution is 2.25. The lowest BCUT2D eigenvalue weighted by Crippen LogP contribution is -2.15. The summed E-state index contributed by atoms with van der Waals surface area (Å²) in [6.45, 7) is 1.73. The second-order valence-electron chi connectivity index (χ2n) is 4.04. The van der Waals surface area contributed by atoms with Gasteiger partial charge in [-0.2, -0.15) is 0 Å². The number of aryl methyl sites for hydroxylation is 1. The molecule has 1 amide bonds. The number of nitro groups is 1. The fourth-order valence-corrected chi connectivity index (χ4v) is 1.99. The van der Waals surface area contributed by atoms with E-state index >= 15 is 0 Å². The van der Waals surface area contributed by atoms with E-state index in [1.165, 1.54) is 6.20 Å². The summed E-state index contributed by atoms with van der Waals surface area (Å²) in [5.41, 5.74) is 0.549. The van der Waals surface area contributed by atoms with Gasteiger partial charge in [-0.15, -0.1) is 0 Å². The van der Waals surface area contributed by atoms with Crippen molar-refractivity contribution in [3.05, 3.63) is 56.1 Å². The lowest BCUT2D eigenvalue weighted by molar-refractivity contribution is -0.385. The summed E-state index contributed by atoms with van der Waals surface area (Å²) in [4.78, 5) is 29.7. The molecule has 1 N–H and O–H groups in total. The first kappa shape index (κ1) is 15.1. The Hall–Kier alpha value is -2.25. The molecule has 0 radical (unpaired) electrons. The zero-order valence-electron chi connectivity index (χ0n) is 10.6. The van der Waals surface area contributed by atoms with Crippen LogP contribution in [-0.4, -0.2) is 20.8 Å². The number of carbonyl (C=O) groups is 1. The highest BCUT2D eigenvalue weighted by atomic mass is 35.5. The summed E-state index contributed by atoms with van der Waals surface area (Å²) in [7, 11) is 0. The van der Waals surface area contributed by atoms with Crippen molar-refractivity contribution < 1.29 is 9.72 Å². The maximum absolute atomic E-state index is 12.2.